The van der Waals surface area contributed by atoms with Crippen molar-refractivity contribution in [3.05, 3.63) is 141 Å². The van der Waals surface area contributed by atoms with E-state index in [9.17, 15) is 0 Å². The number of aryl methyl sites for hydroxylation is 4. The third kappa shape index (κ3) is 9.57. The average Bonchev–Trinajstić information content (AvgIpc) is 4.21. The van der Waals surface area contributed by atoms with Crippen LogP contribution in [-0.4, -0.2) is 87.0 Å². The second-order valence-corrected chi connectivity index (χ2v) is 19.4. The molecular weight excluding hydrogens is 928 g/mol. The molecule has 2 aliphatic rings. The average molecular weight is 986 g/mol. The largest absolute Gasteiger partial charge is 0.479 e. The minimum absolute atomic E-state index is 0.0419. The number of hydrogen-bond acceptors (Lipinski definition) is 12. The first-order valence-electron chi connectivity index (χ1n) is 23.3. The Bertz CT molecular complexity index is 2960. The normalized spacial score (nSPS) is 15.8. The van der Waals surface area contributed by atoms with Gasteiger partial charge in [-0.05, 0) is 126 Å². The highest BCUT2D eigenvalue weighted by Gasteiger charge is 2.32. The van der Waals surface area contributed by atoms with Gasteiger partial charge in [-0.2, -0.15) is 0 Å². The maximum absolute atomic E-state index is 6.70. The first kappa shape index (κ1) is 48.6. The van der Waals surface area contributed by atoms with Crippen LogP contribution in [0.15, 0.2) is 85.7 Å². The van der Waals surface area contributed by atoms with Crippen LogP contribution in [-0.2, 0) is 33.8 Å². The SMILES string of the molecule is COc1nc(-c2nc3n(n2)CCC[C@@H]3c2cc(C(C)(C)OC)ccc2Cl)ccc1-n1cnc(C)c1.COc1nc(-c2nc3n(n2)CCC[C@H]3c2cc(C(C)(C)OC)ccc2Cl)ccc1-n1cnc(C)c1. The van der Waals surface area contributed by atoms with E-state index in [0.29, 0.717) is 34.8 Å². The van der Waals surface area contributed by atoms with Crippen LogP contribution in [0.3, 0.4) is 0 Å². The number of halogens is 2. The summed E-state index contributed by atoms with van der Waals surface area (Å²) in [5.41, 5.74) is 8.19. The number of fused-ring (bicyclic) bond motifs is 2. The number of hydrogen-bond donors (Lipinski definition) is 0. The minimum Gasteiger partial charge on any atom is -0.479 e. The fourth-order valence-corrected chi connectivity index (χ4v) is 9.53. The molecule has 6 aromatic heterocycles. The molecule has 18 heteroatoms. The van der Waals surface area contributed by atoms with Gasteiger partial charge in [0.05, 0.1) is 49.5 Å². The Kier molecular flexibility index (Phi) is 13.7. The minimum atomic E-state index is -0.414. The first-order chi connectivity index (χ1) is 33.6. The fourth-order valence-electron chi connectivity index (χ4n) is 9.03. The van der Waals surface area contributed by atoms with Crippen LogP contribution < -0.4 is 9.47 Å². The van der Waals surface area contributed by atoms with E-state index in [1.54, 1.807) is 41.1 Å². The lowest BCUT2D eigenvalue weighted by atomic mass is 9.87. The van der Waals surface area contributed by atoms with Crippen LogP contribution in [0.5, 0.6) is 11.8 Å². The maximum atomic E-state index is 6.70. The monoisotopic (exact) mass is 984 g/mol. The van der Waals surface area contributed by atoms with Crippen molar-refractivity contribution in [2.24, 2.45) is 0 Å². The lowest BCUT2D eigenvalue weighted by Gasteiger charge is -2.27. The summed E-state index contributed by atoms with van der Waals surface area (Å²) in [6.07, 6.45) is 11.2. The molecule has 0 fully saturated rings. The summed E-state index contributed by atoms with van der Waals surface area (Å²) in [6.45, 7) is 13.7. The van der Waals surface area contributed by atoms with Crippen molar-refractivity contribution in [1.82, 2.24) is 58.6 Å². The quantitative estimate of drug-likeness (QED) is 0.114. The summed E-state index contributed by atoms with van der Waals surface area (Å²) in [7, 11) is 6.66. The van der Waals surface area contributed by atoms with Crippen LogP contribution in [0.25, 0.3) is 34.4 Å². The molecule has 2 atom stereocenters. The molecule has 364 valence electrons. The van der Waals surface area contributed by atoms with Gasteiger partial charge in [-0.25, -0.2) is 39.3 Å². The third-order valence-corrected chi connectivity index (χ3v) is 14.1. The Morgan fingerprint density at radius 1 is 0.557 bits per heavy atom. The Balaban J connectivity index is 0.000000174. The van der Waals surface area contributed by atoms with Crippen molar-refractivity contribution in [3.63, 3.8) is 0 Å². The van der Waals surface area contributed by atoms with Crippen molar-refractivity contribution in [3.8, 4) is 46.2 Å². The highest BCUT2D eigenvalue weighted by atomic mass is 35.5. The second-order valence-electron chi connectivity index (χ2n) is 18.6. The van der Waals surface area contributed by atoms with Gasteiger partial charge in [0.1, 0.15) is 34.4 Å². The van der Waals surface area contributed by atoms with E-state index in [4.69, 9.17) is 72.3 Å². The zero-order valence-electron chi connectivity index (χ0n) is 41.2. The molecule has 10 rings (SSSR count). The van der Waals surface area contributed by atoms with Gasteiger partial charge in [-0.3, -0.25) is 0 Å². The Hall–Kier alpha value is -6.46. The number of ether oxygens (including phenoxy) is 4. The lowest BCUT2D eigenvalue weighted by molar-refractivity contribution is 0.0189. The molecule has 70 heavy (non-hydrogen) atoms. The molecule has 0 saturated carbocycles. The Morgan fingerprint density at radius 2 is 0.971 bits per heavy atom. The molecule has 16 nitrogen and oxygen atoms in total. The molecule has 8 aromatic rings. The highest BCUT2D eigenvalue weighted by molar-refractivity contribution is 6.31. The Morgan fingerprint density at radius 3 is 1.33 bits per heavy atom. The number of imidazole rings is 2. The van der Waals surface area contributed by atoms with Crippen molar-refractivity contribution in [2.75, 3.05) is 28.4 Å². The standard InChI is InChI=1S/2C26H29ClN6O2/c2*1-16-14-32(15-28-16)22-11-10-21(29-25(22)34-4)23-30-24-18(7-6-12-33(24)31-23)19-13-17(8-9-20(19)27)26(2,3)35-5/h2*8-11,13-15,18H,6-7,12H2,1-5H3/t2*18-/m10/s1. The van der Waals surface area contributed by atoms with Gasteiger partial charge in [0.15, 0.2) is 11.6 Å². The van der Waals surface area contributed by atoms with E-state index < -0.39 is 11.2 Å². The smallest absolute Gasteiger partial charge is 0.238 e. The predicted octanol–water partition coefficient (Wildman–Crippen LogP) is 10.6. The summed E-state index contributed by atoms with van der Waals surface area (Å²) >= 11 is 13.4. The number of methoxy groups -OCH3 is 4. The summed E-state index contributed by atoms with van der Waals surface area (Å²) in [5, 5.41) is 11.0. The number of pyridine rings is 2. The number of nitrogens with zero attached hydrogens (tertiary/aromatic N) is 12. The number of rotatable bonds is 12. The summed E-state index contributed by atoms with van der Waals surface area (Å²) in [6, 6.07) is 20.0. The number of aromatic nitrogens is 12. The van der Waals surface area contributed by atoms with Crippen LogP contribution in [0.1, 0.15) is 111 Å². The van der Waals surface area contributed by atoms with Crippen molar-refractivity contribution in [2.45, 2.75) is 103 Å². The van der Waals surface area contributed by atoms with Gasteiger partial charge in [-0.15, -0.1) is 10.2 Å². The highest BCUT2D eigenvalue weighted by Crippen LogP contribution is 2.41. The maximum Gasteiger partial charge on any atom is 0.238 e. The van der Waals surface area contributed by atoms with E-state index >= 15 is 0 Å². The molecule has 0 unspecified atom stereocenters. The van der Waals surface area contributed by atoms with Crippen molar-refractivity contribution < 1.29 is 18.9 Å². The molecule has 0 amide bonds. The molecule has 0 aliphatic carbocycles. The van der Waals surface area contributed by atoms with Gasteiger partial charge in [-0.1, -0.05) is 47.5 Å². The molecule has 8 heterocycles. The molecule has 0 radical (unpaired) electrons. The van der Waals surface area contributed by atoms with Crippen LogP contribution in [0.4, 0.5) is 0 Å². The molecule has 0 bridgehead atoms. The van der Waals surface area contributed by atoms with Gasteiger partial charge < -0.3 is 28.1 Å². The van der Waals surface area contributed by atoms with E-state index in [1.807, 2.05) is 93.3 Å². The molecule has 0 N–H and O–H groups in total. The van der Waals surface area contributed by atoms with Gasteiger partial charge in [0.25, 0.3) is 0 Å². The van der Waals surface area contributed by atoms with Crippen molar-refractivity contribution >= 4 is 23.2 Å². The van der Waals surface area contributed by atoms with E-state index in [0.717, 1.165) is 105 Å². The van der Waals surface area contributed by atoms with Crippen molar-refractivity contribution in [1.29, 1.82) is 0 Å². The lowest BCUT2D eigenvalue weighted by Crippen LogP contribution is -2.21. The second kappa shape index (κ2) is 19.7. The fraction of sp³-hybridized carbons (Fsp3) is 0.385. The van der Waals surface area contributed by atoms with Crippen LogP contribution >= 0.6 is 23.2 Å². The summed E-state index contributed by atoms with van der Waals surface area (Å²) < 4.78 is 30.3. The van der Waals surface area contributed by atoms with Gasteiger partial charge in [0.2, 0.25) is 11.8 Å². The Labute approximate surface area is 418 Å². The van der Waals surface area contributed by atoms with E-state index in [1.165, 1.54) is 0 Å². The molecule has 0 spiro atoms. The van der Waals surface area contributed by atoms with Gasteiger partial charge >= 0.3 is 0 Å². The topological polar surface area (TPSA) is 160 Å². The molecular formula is C52H58Cl2N12O4. The van der Waals surface area contributed by atoms with Gasteiger partial charge in [0, 0.05) is 61.6 Å². The molecule has 2 aliphatic heterocycles. The summed E-state index contributed by atoms with van der Waals surface area (Å²) in [5.74, 6) is 4.00. The zero-order chi connectivity index (χ0) is 49.5. The first-order valence-corrected chi connectivity index (χ1v) is 24.1. The third-order valence-electron chi connectivity index (χ3n) is 13.4. The summed E-state index contributed by atoms with van der Waals surface area (Å²) in [4.78, 5) is 27.9. The molecule has 0 saturated heterocycles. The predicted molar refractivity (Wildman–Crippen MR) is 268 cm³/mol. The zero-order valence-corrected chi connectivity index (χ0v) is 42.7. The molecule has 2 aromatic carbocycles. The van der Waals surface area contributed by atoms with E-state index in [-0.39, 0.29) is 11.8 Å². The van der Waals surface area contributed by atoms with Crippen LogP contribution in [0.2, 0.25) is 10.0 Å². The van der Waals surface area contributed by atoms with Crippen LogP contribution in [0, 0.1) is 13.8 Å². The van der Waals surface area contributed by atoms with E-state index in [2.05, 4.69) is 49.8 Å². The number of benzene rings is 2.